The summed E-state index contributed by atoms with van der Waals surface area (Å²) in [7, 11) is 1.64. The van der Waals surface area contributed by atoms with E-state index in [0.717, 1.165) is 12.8 Å². The lowest BCUT2D eigenvalue weighted by atomic mass is 10.0. The highest BCUT2D eigenvalue weighted by atomic mass is 19.4. The molecule has 0 radical (unpaired) electrons. The van der Waals surface area contributed by atoms with Crippen LogP contribution < -0.4 is 24.8 Å². The number of nitrogens with zero attached hydrogens (tertiary/aromatic N) is 2. The van der Waals surface area contributed by atoms with Crippen LogP contribution in [0.5, 0.6) is 17.2 Å². The monoisotopic (exact) mass is 694 g/mol. The molecule has 0 fully saturated rings. The van der Waals surface area contributed by atoms with E-state index in [-0.39, 0.29) is 61.5 Å². The molecule has 15 heteroatoms. The van der Waals surface area contributed by atoms with Gasteiger partial charge in [0, 0.05) is 56.5 Å². The number of carbonyl (C=O) groups is 3. The van der Waals surface area contributed by atoms with Crippen molar-refractivity contribution in [3.8, 4) is 17.2 Å². The van der Waals surface area contributed by atoms with Gasteiger partial charge in [-0.3, -0.25) is 9.59 Å². The van der Waals surface area contributed by atoms with Crippen LogP contribution in [0, 0.1) is 5.92 Å². The summed E-state index contributed by atoms with van der Waals surface area (Å²) in [5, 5.41) is 15.4. The third-order valence-corrected chi connectivity index (χ3v) is 8.40. The second-order valence-electron chi connectivity index (χ2n) is 12.6. The Bertz CT molecular complexity index is 1460. The summed E-state index contributed by atoms with van der Waals surface area (Å²) >= 11 is 0. The van der Waals surface area contributed by atoms with Crippen molar-refractivity contribution in [2.24, 2.45) is 5.92 Å². The number of alkyl halides is 3. The zero-order valence-electron chi connectivity index (χ0n) is 28.2. The summed E-state index contributed by atoms with van der Waals surface area (Å²) < 4.78 is 61.2. The molecule has 12 nitrogen and oxygen atoms in total. The molecular weight excluding hydrogens is 649 g/mol. The molecule has 270 valence electrons. The van der Waals surface area contributed by atoms with Crippen LogP contribution in [0.4, 0.5) is 29.3 Å². The van der Waals surface area contributed by atoms with Gasteiger partial charge in [0.05, 0.1) is 36.8 Å². The van der Waals surface area contributed by atoms with Crippen LogP contribution in [-0.2, 0) is 9.53 Å². The number of aliphatic hydroxyl groups is 1. The normalized spacial score (nSPS) is 20.8. The minimum atomic E-state index is -4.49. The van der Waals surface area contributed by atoms with Crippen LogP contribution >= 0.6 is 0 Å². The summed E-state index contributed by atoms with van der Waals surface area (Å²) in [5.74, 6) is -0.306. The van der Waals surface area contributed by atoms with Crippen molar-refractivity contribution in [3.05, 3.63) is 42.0 Å². The van der Waals surface area contributed by atoms with Crippen LogP contribution in [0.15, 0.2) is 36.4 Å². The van der Waals surface area contributed by atoms with E-state index in [0.29, 0.717) is 30.2 Å². The number of aliphatic hydroxyl groups excluding tert-OH is 1. The molecule has 0 aromatic heterocycles. The highest BCUT2D eigenvalue weighted by molar-refractivity contribution is 5.99. The van der Waals surface area contributed by atoms with E-state index in [9.17, 15) is 32.7 Å². The average molecular weight is 695 g/mol. The van der Waals surface area contributed by atoms with Crippen LogP contribution in [0.2, 0.25) is 0 Å². The van der Waals surface area contributed by atoms with Gasteiger partial charge in [-0.1, -0.05) is 6.92 Å². The molecule has 4 rings (SSSR count). The van der Waals surface area contributed by atoms with Crippen molar-refractivity contribution in [3.63, 3.8) is 0 Å². The quantitative estimate of drug-likeness (QED) is 0.322. The number of amides is 4. The fourth-order valence-electron chi connectivity index (χ4n) is 5.49. The first kappa shape index (κ1) is 37.6. The Hall–Kier alpha value is -4.24. The van der Waals surface area contributed by atoms with Gasteiger partial charge in [-0.05, 0) is 63.4 Å². The number of urea groups is 1. The van der Waals surface area contributed by atoms with Crippen molar-refractivity contribution < 1.29 is 51.6 Å². The van der Waals surface area contributed by atoms with Gasteiger partial charge in [0.1, 0.15) is 5.75 Å². The van der Waals surface area contributed by atoms with Crippen LogP contribution in [-0.4, -0.2) is 97.3 Å². The smallest absolute Gasteiger partial charge is 0.389 e. The Morgan fingerprint density at radius 3 is 2.45 bits per heavy atom. The van der Waals surface area contributed by atoms with Gasteiger partial charge in [-0.15, -0.1) is 0 Å². The minimum absolute atomic E-state index is 0.0859. The molecule has 49 heavy (non-hydrogen) atoms. The van der Waals surface area contributed by atoms with E-state index < -0.39 is 43.0 Å². The molecule has 2 aliphatic heterocycles. The summed E-state index contributed by atoms with van der Waals surface area (Å²) in [6.45, 7) is 5.91. The maximum atomic E-state index is 14.2. The Labute approximate surface area is 283 Å². The van der Waals surface area contributed by atoms with E-state index in [2.05, 4.69) is 10.6 Å². The van der Waals surface area contributed by atoms with Gasteiger partial charge >= 0.3 is 12.2 Å². The molecule has 0 saturated carbocycles. The van der Waals surface area contributed by atoms with Crippen molar-refractivity contribution >= 4 is 29.2 Å². The molecule has 0 unspecified atom stereocenters. The molecular formula is C34H45F3N4O8. The molecule has 2 aromatic carbocycles. The van der Waals surface area contributed by atoms with Gasteiger partial charge in [0.2, 0.25) is 12.7 Å². The Morgan fingerprint density at radius 2 is 1.73 bits per heavy atom. The zero-order valence-corrected chi connectivity index (χ0v) is 28.2. The predicted molar refractivity (Wildman–Crippen MR) is 175 cm³/mol. The summed E-state index contributed by atoms with van der Waals surface area (Å²) in [6.07, 6.45) is -5.21. The lowest BCUT2D eigenvalue weighted by Gasteiger charge is -2.35. The van der Waals surface area contributed by atoms with Crippen LogP contribution in [0.1, 0.15) is 63.2 Å². The Balaban J connectivity index is 1.55. The van der Waals surface area contributed by atoms with E-state index in [1.807, 2.05) is 13.8 Å². The molecule has 2 aromatic rings. The number of halogens is 3. The lowest BCUT2D eigenvalue weighted by molar-refractivity contribution is -0.142. The minimum Gasteiger partial charge on any atom is -0.490 e. The number of carbonyl (C=O) groups excluding carboxylic acids is 3. The van der Waals surface area contributed by atoms with Crippen molar-refractivity contribution in [2.75, 3.05) is 50.8 Å². The Morgan fingerprint density at radius 1 is 1.04 bits per heavy atom. The van der Waals surface area contributed by atoms with Crippen molar-refractivity contribution in [2.45, 2.75) is 77.3 Å². The number of nitrogens with one attached hydrogen (secondary N) is 2. The first-order valence-electron chi connectivity index (χ1n) is 16.4. The number of likely N-dealkylation sites (N-methyl/N-ethyl adjacent to an activating group) is 1. The number of anilines is 2. The number of hydrogen-bond donors (Lipinski definition) is 3. The first-order valence-corrected chi connectivity index (χ1v) is 16.4. The molecule has 4 amide bonds. The second kappa shape index (κ2) is 16.9. The van der Waals surface area contributed by atoms with E-state index in [1.165, 1.54) is 28.0 Å². The molecule has 0 spiro atoms. The third-order valence-electron chi connectivity index (χ3n) is 8.40. The molecule has 0 aliphatic carbocycles. The SMILES string of the molecule is C[C@H](CO)N1C[C@H](C)[C@H](CN(C)C(=O)Nc2ccc3c(c2)OCO3)OCCCC[C@H](C)Oc2ccc(NC(=O)CCC(F)(F)F)cc2C1=O. The maximum absolute atomic E-state index is 14.2. The number of benzene rings is 2. The number of ether oxygens (including phenoxy) is 4. The van der Waals surface area contributed by atoms with Gasteiger partial charge in [-0.25, -0.2) is 4.79 Å². The van der Waals surface area contributed by atoms with E-state index >= 15 is 0 Å². The molecule has 3 N–H and O–H groups in total. The highest BCUT2D eigenvalue weighted by Crippen LogP contribution is 2.34. The van der Waals surface area contributed by atoms with Gasteiger partial charge in [-0.2, -0.15) is 13.2 Å². The van der Waals surface area contributed by atoms with E-state index in [4.69, 9.17) is 18.9 Å². The molecule has 4 atom stereocenters. The zero-order chi connectivity index (χ0) is 35.7. The number of hydrogen-bond acceptors (Lipinski definition) is 8. The van der Waals surface area contributed by atoms with Gasteiger partial charge < -0.3 is 44.5 Å². The standard InChI is InChI=1S/C34H45F3N4O8/c1-21-17-41(22(2)19-42)32(44)26-15-24(38-31(43)12-13-34(35,36)37)8-10-27(26)49-23(3)7-5-6-14-46-30(21)18-40(4)33(45)39-25-9-11-28-29(16-25)48-20-47-28/h8-11,15-16,21-23,30,42H,5-7,12-14,17-20H2,1-4H3,(H,38,43)(H,39,45)/t21-,22+,23-,30-/m0/s1. The summed E-state index contributed by atoms with van der Waals surface area (Å²) in [4.78, 5) is 42.7. The third kappa shape index (κ3) is 10.9. The Kier molecular flexibility index (Phi) is 13.0. The fourth-order valence-corrected chi connectivity index (χ4v) is 5.49. The van der Waals surface area contributed by atoms with Gasteiger partial charge in [0.15, 0.2) is 11.5 Å². The van der Waals surface area contributed by atoms with Crippen molar-refractivity contribution in [1.29, 1.82) is 0 Å². The summed E-state index contributed by atoms with van der Waals surface area (Å²) in [5.41, 5.74) is 0.751. The molecule has 0 saturated heterocycles. The topological polar surface area (TPSA) is 139 Å². The van der Waals surface area contributed by atoms with Crippen LogP contribution in [0.25, 0.3) is 0 Å². The number of rotatable bonds is 8. The molecule has 0 bridgehead atoms. The average Bonchev–Trinajstić information content (AvgIpc) is 3.52. The van der Waals surface area contributed by atoms with Crippen LogP contribution in [0.3, 0.4) is 0 Å². The lowest BCUT2D eigenvalue weighted by Crippen LogP contribution is -2.48. The highest BCUT2D eigenvalue weighted by Gasteiger charge is 2.32. The number of fused-ring (bicyclic) bond motifs is 2. The summed E-state index contributed by atoms with van der Waals surface area (Å²) in [6, 6.07) is 8.44. The second-order valence-corrected chi connectivity index (χ2v) is 12.6. The molecule has 2 heterocycles. The van der Waals surface area contributed by atoms with E-state index in [1.54, 1.807) is 32.2 Å². The first-order chi connectivity index (χ1) is 23.2. The predicted octanol–water partition coefficient (Wildman–Crippen LogP) is 5.66. The maximum Gasteiger partial charge on any atom is 0.389 e. The fraction of sp³-hybridized carbons (Fsp3) is 0.559. The molecule has 2 aliphatic rings. The van der Waals surface area contributed by atoms with Crippen molar-refractivity contribution in [1.82, 2.24) is 9.80 Å². The van der Waals surface area contributed by atoms with Gasteiger partial charge in [0.25, 0.3) is 5.91 Å². The largest absolute Gasteiger partial charge is 0.490 e.